The van der Waals surface area contributed by atoms with E-state index in [2.05, 4.69) is 26.3 Å². The topological polar surface area (TPSA) is 134 Å². The molecule has 0 aliphatic rings. The number of methoxy groups -OCH3 is 1. The van der Waals surface area contributed by atoms with Gasteiger partial charge in [-0.25, -0.2) is 18.3 Å². The fourth-order valence-electron chi connectivity index (χ4n) is 3.84. The maximum absolute atomic E-state index is 13.2. The minimum atomic E-state index is -2.61. The number of alkyl halides is 2. The molecule has 0 unspecified atom stereocenters. The monoisotopic (exact) mass is 612 g/mol. The van der Waals surface area contributed by atoms with Gasteiger partial charge in [-0.2, -0.15) is 5.10 Å². The van der Waals surface area contributed by atoms with Gasteiger partial charge in [-0.05, 0) is 18.2 Å². The van der Waals surface area contributed by atoms with Crippen molar-refractivity contribution in [3.63, 3.8) is 0 Å². The minimum Gasteiger partial charge on any atom is -0.476 e. The number of hydrogen-bond acceptors (Lipinski definition) is 9. The maximum Gasteiger partial charge on any atom is 0.339 e. The van der Waals surface area contributed by atoms with Gasteiger partial charge >= 0.3 is 5.97 Å². The SMILES string of the molecule is COC(=O)c1cc(-c2cnn(C)c2OCCN(CCNc2cc(Br)ccc2[N+](=O)[O-])CC(F)F)c(=O)n(C)c1. The second kappa shape index (κ2) is 13.3. The molecule has 0 amide bonds. The molecule has 0 bridgehead atoms. The van der Waals surface area contributed by atoms with Crippen molar-refractivity contribution in [3.05, 3.63) is 67.2 Å². The number of rotatable bonds is 13. The van der Waals surface area contributed by atoms with Crippen molar-refractivity contribution in [1.29, 1.82) is 0 Å². The lowest BCUT2D eigenvalue weighted by Gasteiger charge is -2.22. The highest BCUT2D eigenvalue weighted by atomic mass is 79.9. The Bertz CT molecular complexity index is 1400. The molecule has 0 saturated carbocycles. The van der Waals surface area contributed by atoms with E-state index in [0.717, 1.165) is 0 Å². The smallest absolute Gasteiger partial charge is 0.339 e. The van der Waals surface area contributed by atoms with Crippen LogP contribution in [0, 0.1) is 10.1 Å². The van der Waals surface area contributed by atoms with E-state index in [0.29, 0.717) is 10.0 Å². The molecule has 0 aliphatic heterocycles. The zero-order chi connectivity index (χ0) is 28.7. The molecule has 1 aromatic carbocycles. The van der Waals surface area contributed by atoms with Crippen molar-refractivity contribution in [3.8, 4) is 17.0 Å². The third kappa shape index (κ3) is 7.60. The number of anilines is 1. The van der Waals surface area contributed by atoms with E-state index < -0.39 is 29.4 Å². The number of nitro benzene ring substituents is 1. The lowest BCUT2D eigenvalue weighted by atomic mass is 10.1. The van der Waals surface area contributed by atoms with Gasteiger partial charge in [0.05, 0.1) is 41.5 Å². The minimum absolute atomic E-state index is 0.0205. The Hall–Kier alpha value is -3.85. The maximum atomic E-state index is 13.2. The zero-order valence-corrected chi connectivity index (χ0v) is 23.0. The van der Waals surface area contributed by atoms with Crippen LogP contribution in [0.3, 0.4) is 0 Å². The van der Waals surface area contributed by atoms with Crippen molar-refractivity contribution in [2.75, 3.05) is 45.2 Å². The van der Waals surface area contributed by atoms with Crippen molar-refractivity contribution >= 4 is 33.3 Å². The first-order valence-electron chi connectivity index (χ1n) is 11.6. The number of nitrogens with zero attached hydrogens (tertiary/aromatic N) is 5. The van der Waals surface area contributed by atoms with Gasteiger partial charge < -0.3 is 19.4 Å². The number of carbonyl (C=O) groups is 1. The Labute approximate surface area is 230 Å². The van der Waals surface area contributed by atoms with Gasteiger partial charge in [0.2, 0.25) is 5.88 Å². The van der Waals surface area contributed by atoms with Crippen LogP contribution in [0.15, 0.2) is 45.9 Å². The number of nitro groups is 1. The fourth-order valence-corrected chi connectivity index (χ4v) is 4.20. The first-order valence-corrected chi connectivity index (χ1v) is 12.4. The number of benzene rings is 1. The molecular weight excluding hydrogens is 586 g/mol. The van der Waals surface area contributed by atoms with Crippen LogP contribution in [0.4, 0.5) is 20.2 Å². The van der Waals surface area contributed by atoms with Gasteiger partial charge in [0.25, 0.3) is 17.7 Å². The molecule has 0 atom stereocenters. The number of aryl methyl sites for hydroxylation is 2. The molecule has 0 spiro atoms. The molecule has 2 aromatic heterocycles. The number of ether oxygens (including phenoxy) is 2. The predicted molar refractivity (Wildman–Crippen MR) is 142 cm³/mol. The summed E-state index contributed by atoms with van der Waals surface area (Å²) < 4.78 is 40.3. The molecule has 0 fully saturated rings. The summed E-state index contributed by atoms with van der Waals surface area (Å²) >= 11 is 3.26. The molecule has 12 nitrogen and oxygen atoms in total. The number of aromatic nitrogens is 3. The third-order valence-corrected chi connectivity index (χ3v) is 6.21. The third-order valence-electron chi connectivity index (χ3n) is 5.72. The number of carbonyl (C=O) groups excluding carboxylic acids is 1. The summed E-state index contributed by atoms with van der Waals surface area (Å²) in [6.45, 7) is -0.148. The van der Waals surface area contributed by atoms with Crippen LogP contribution < -0.4 is 15.6 Å². The number of esters is 1. The Morgan fingerprint density at radius 1 is 1.26 bits per heavy atom. The molecule has 210 valence electrons. The van der Waals surface area contributed by atoms with Gasteiger partial charge in [-0.1, -0.05) is 15.9 Å². The highest BCUT2D eigenvalue weighted by molar-refractivity contribution is 9.10. The molecule has 3 aromatic rings. The molecule has 0 aliphatic carbocycles. The van der Waals surface area contributed by atoms with Gasteiger partial charge in [0, 0.05) is 50.5 Å². The molecule has 39 heavy (non-hydrogen) atoms. The highest BCUT2D eigenvalue weighted by Gasteiger charge is 2.20. The molecule has 2 heterocycles. The summed E-state index contributed by atoms with van der Waals surface area (Å²) in [6, 6.07) is 5.81. The van der Waals surface area contributed by atoms with Crippen molar-refractivity contribution in [2.24, 2.45) is 14.1 Å². The standard InChI is InChI=1S/C24H27BrF2N6O6/c1-30-13-15(24(35)38-3)10-17(22(30)34)18-12-29-31(2)23(18)39-9-8-32(14-21(26)27)7-6-28-19-11-16(25)4-5-20(19)33(36)37/h4-5,10-13,21,28H,6-9,14H2,1-3H3. The van der Waals surface area contributed by atoms with E-state index in [-0.39, 0.29) is 54.6 Å². The Kier molecular flexibility index (Phi) is 10.1. The summed E-state index contributed by atoms with van der Waals surface area (Å²) in [5.41, 5.74) is 0.380. The van der Waals surface area contributed by atoms with Gasteiger partial charge in [-0.15, -0.1) is 0 Å². The average Bonchev–Trinajstić information content (AvgIpc) is 3.24. The first-order chi connectivity index (χ1) is 18.5. The van der Waals surface area contributed by atoms with Gasteiger partial charge in [0.15, 0.2) is 0 Å². The molecule has 3 rings (SSSR count). The molecule has 0 radical (unpaired) electrons. The Morgan fingerprint density at radius 2 is 2.00 bits per heavy atom. The second-order valence-electron chi connectivity index (χ2n) is 8.42. The van der Waals surface area contributed by atoms with E-state index in [9.17, 15) is 28.5 Å². The van der Waals surface area contributed by atoms with Gasteiger partial charge in [0.1, 0.15) is 12.3 Å². The number of pyridine rings is 1. The van der Waals surface area contributed by atoms with Crippen LogP contribution in [-0.2, 0) is 18.8 Å². The van der Waals surface area contributed by atoms with Crippen molar-refractivity contribution in [1.82, 2.24) is 19.2 Å². The molecule has 15 heteroatoms. The lowest BCUT2D eigenvalue weighted by molar-refractivity contribution is -0.384. The summed E-state index contributed by atoms with van der Waals surface area (Å²) in [5, 5.41) is 18.3. The summed E-state index contributed by atoms with van der Waals surface area (Å²) in [6.07, 6.45) is 0.161. The lowest BCUT2D eigenvalue weighted by Crippen LogP contribution is -2.36. The number of nitrogens with one attached hydrogen (secondary N) is 1. The molecule has 1 N–H and O–H groups in total. The second-order valence-corrected chi connectivity index (χ2v) is 9.34. The van der Waals surface area contributed by atoms with Crippen LogP contribution in [0.1, 0.15) is 10.4 Å². The van der Waals surface area contributed by atoms with Crippen molar-refractivity contribution in [2.45, 2.75) is 6.43 Å². The number of halogens is 3. The summed E-state index contributed by atoms with van der Waals surface area (Å²) in [4.78, 5) is 37.0. The predicted octanol–water partition coefficient (Wildman–Crippen LogP) is 3.30. The van der Waals surface area contributed by atoms with E-state index in [4.69, 9.17) is 9.47 Å². The van der Waals surface area contributed by atoms with Crippen LogP contribution in [0.2, 0.25) is 0 Å². The van der Waals surface area contributed by atoms with Crippen LogP contribution >= 0.6 is 15.9 Å². The zero-order valence-electron chi connectivity index (χ0n) is 21.4. The largest absolute Gasteiger partial charge is 0.476 e. The summed E-state index contributed by atoms with van der Waals surface area (Å²) in [7, 11) is 4.32. The average molecular weight is 613 g/mol. The van der Waals surface area contributed by atoms with Crippen LogP contribution in [-0.4, -0.2) is 76.5 Å². The molecular formula is C24H27BrF2N6O6. The quantitative estimate of drug-likeness (QED) is 0.175. The van der Waals surface area contributed by atoms with Crippen LogP contribution in [0.25, 0.3) is 11.1 Å². The fraction of sp³-hybridized carbons (Fsp3) is 0.375. The highest BCUT2D eigenvalue weighted by Crippen LogP contribution is 2.29. The van der Waals surface area contributed by atoms with E-state index >= 15 is 0 Å². The van der Waals surface area contributed by atoms with E-state index in [1.165, 1.54) is 58.9 Å². The van der Waals surface area contributed by atoms with E-state index in [1.807, 2.05) is 0 Å². The van der Waals surface area contributed by atoms with Crippen LogP contribution in [0.5, 0.6) is 5.88 Å². The van der Waals surface area contributed by atoms with Gasteiger partial charge in [-0.3, -0.25) is 19.8 Å². The Balaban J connectivity index is 1.71. The first kappa shape index (κ1) is 29.7. The normalized spacial score (nSPS) is 11.2. The molecule has 0 saturated heterocycles. The summed E-state index contributed by atoms with van der Waals surface area (Å²) in [5.74, 6) is -0.406. The van der Waals surface area contributed by atoms with E-state index in [1.54, 1.807) is 13.1 Å². The number of hydrogen-bond donors (Lipinski definition) is 1. The Morgan fingerprint density at radius 3 is 2.67 bits per heavy atom. The van der Waals surface area contributed by atoms with Crippen molar-refractivity contribution < 1.29 is 28.0 Å².